The molecule has 0 saturated carbocycles. The topological polar surface area (TPSA) is 23.6 Å². The van der Waals surface area contributed by atoms with E-state index in [1.807, 2.05) is 26.0 Å². The normalized spacial score (nSPS) is 12.7. The Morgan fingerprint density at radius 2 is 0.740 bits per heavy atom. The van der Waals surface area contributed by atoms with Crippen LogP contribution in [-0.2, 0) is 0 Å². The van der Waals surface area contributed by atoms with Crippen molar-refractivity contribution < 1.29 is 4.79 Å². The second-order valence-corrected chi connectivity index (χ2v) is 14.0. The first-order valence-corrected chi connectivity index (χ1v) is 17.5. The molecule has 2 unspecified atom stereocenters. The van der Waals surface area contributed by atoms with E-state index in [1.54, 1.807) is 0 Å². The summed E-state index contributed by atoms with van der Waals surface area (Å²) in [6.45, 7) is 8.52. The van der Waals surface area contributed by atoms with Gasteiger partial charge < -0.3 is 9.80 Å². The summed E-state index contributed by atoms with van der Waals surface area (Å²) in [5, 5.41) is 0. The molecule has 0 amide bonds. The molecule has 0 spiro atoms. The van der Waals surface area contributed by atoms with Crippen molar-refractivity contribution in [1.29, 1.82) is 0 Å². The summed E-state index contributed by atoms with van der Waals surface area (Å²) in [4.78, 5) is 18.5. The quantitative estimate of drug-likeness (QED) is 0.137. The number of carbonyl (C=O) groups excluding carboxylic acids is 1. The van der Waals surface area contributed by atoms with Gasteiger partial charge in [-0.1, -0.05) is 133 Å². The average molecular weight is 657 g/mol. The van der Waals surface area contributed by atoms with Gasteiger partial charge in [0.15, 0.2) is 5.78 Å². The zero-order valence-electron chi connectivity index (χ0n) is 30.7. The first-order chi connectivity index (χ1) is 24.0. The Hall–Kier alpha value is -5.09. The van der Waals surface area contributed by atoms with E-state index >= 15 is 0 Å². The molecular weight excluding hydrogens is 609 g/mol. The zero-order chi connectivity index (χ0) is 35.5. The van der Waals surface area contributed by atoms with Crippen LogP contribution < -0.4 is 0 Å². The zero-order valence-corrected chi connectivity index (χ0v) is 30.7. The molecule has 6 rings (SSSR count). The first-order valence-electron chi connectivity index (χ1n) is 17.5. The van der Waals surface area contributed by atoms with Crippen LogP contribution in [0.4, 0.5) is 0 Å². The predicted octanol–water partition coefficient (Wildman–Crippen LogP) is 11.4. The van der Waals surface area contributed by atoms with Gasteiger partial charge in [-0.15, -0.1) is 0 Å². The molecule has 0 saturated heterocycles. The van der Waals surface area contributed by atoms with Gasteiger partial charge >= 0.3 is 0 Å². The summed E-state index contributed by atoms with van der Waals surface area (Å²) in [7, 11) is 8.42. The molecule has 6 aromatic rings. The third-order valence-electron chi connectivity index (χ3n) is 10.4. The third kappa shape index (κ3) is 7.12. The molecule has 6 aromatic carbocycles. The van der Waals surface area contributed by atoms with Crippen molar-refractivity contribution in [2.75, 3.05) is 28.2 Å². The fraction of sp³-hybridized carbons (Fsp3) is 0.213. The molecular formula is C47H48N2O. The maximum Gasteiger partial charge on any atom is 0.193 e. The highest BCUT2D eigenvalue weighted by atomic mass is 16.1. The summed E-state index contributed by atoms with van der Waals surface area (Å²) in [6.07, 6.45) is 0. The lowest BCUT2D eigenvalue weighted by molar-refractivity contribution is 0.103. The summed E-state index contributed by atoms with van der Waals surface area (Å²) >= 11 is 0. The van der Waals surface area contributed by atoms with Crippen LogP contribution in [0.1, 0.15) is 64.1 Å². The lowest BCUT2D eigenvalue weighted by atomic mass is 9.88. The molecule has 0 bridgehead atoms. The highest BCUT2D eigenvalue weighted by Crippen LogP contribution is 2.36. The van der Waals surface area contributed by atoms with Crippen molar-refractivity contribution in [1.82, 2.24) is 9.80 Å². The van der Waals surface area contributed by atoms with Crippen molar-refractivity contribution in [3.8, 4) is 44.5 Å². The fourth-order valence-electron chi connectivity index (χ4n) is 6.77. The van der Waals surface area contributed by atoms with Crippen molar-refractivity contribution in [2.24, 2.45) is 0 Å². The Labute approximate surface area is 298 Å². The molecule has 252 valence electrons. The Balaban J connectivity index is 1.26. The second-order valence-electron chi connectivity index (χ2n) is 14.0. The van der Waals surface area contributed by atoms with Crippen LogP contribution in [0.5, 0.6) is 0 Å². The molecule has 3 heteroatoms. The number of ketones is 1. The number of aryl methyl sites for hydroxylation is 2. The standard InChI is InChI=1S/C47H48N2O/c1-31-29-39(45-15-11-9-13-43(45)37-21-17-35(18-22-37)33(3)48(5)6)25-27-41(31)47(50)42-28-26-40(30-32(42)2)46-16-12-10-14-44(46)38-23-19-36(20-24-38)34(4)49(7)8/h9-30,33-34H,1-8H3. The number of carbonyl (C=O) groups is 1. The summed E-state index contributed by atoms with van der Waals surface area (Å²) in [5.74, 6) is 0.0517. The van der Waals surface area contributed by atoms with Crippen LogP contribution in [0.15, 0.2) is 133 Å². The van der Waals surface area contributed by atoms with Gasteiger partial charge in [0.25, 0.3) is 0 Å². The van der Waals surface area contributed by atoms with E-state index in [0.717, 1.165) is 44.5 Å². The SMILES string of the molecule is Cc1cc(-c2ccccc2-c2ccc(C(C)N(C)C)cc2)ccc1C(=O)c1ccc(-c2ccccc2-c2ccc(C(C)N(C)C)cc2)cc1C. The van der Waals surface area contributed by atoms with Crippen LogP contribution in [0.2, 0.25) is 0 Å². The van der Waals surface area contributed by atoms with E-state index in [-0.39, 0.29) is 5.78 Å². The minimum Gasteiger partial charge on any atom is -0.303 e. The summed E-state index contributed by atoms with van der Waals surface area (Å²) in [5.41, 5.74) is 15.2. The Kier molecular flexibility index (Phi) is 10.3. The number of benzene rings is 6. The van der Waals surface area contributed by atoms with Gasteiger partial charge in [-0.3, -0.25) is 4.79 Å². The monoisotopic (exact) mass is 656 g/mol. The maximum absolute atomic E-state index is 14.0. The molecule has 0 aliphatic heterocycles. The highest BCUT2D eigenvalue weighted by Gasteiger charge is 2.18. The van der Waals surface area contributed by atoms with Crippen molar-refractivity contribution >= 4 is 5.78 Å². The van der Waals surface area contributed by atoms with Crippen molar-refractivity contribution in [3.05, 3.63) is 167 Å². The van der Waals surface area contributed by atoms with Gasteiger partial charge in [-0.2, -0.15) is 0 Å². The maximum atomic E-state index is 14.0. The fourth-order valence-corrected chi connectivity index (χ4v) is 6.77. The van der Waals surface area contributed by atoms with E-state index in [2.05, 4.69) is 173 Å². The molecule has 0 aromatic heterocycles. The molecule has 3 nitrogen and oxygen atoms in total. The van der Waals surface area contributed by atoms with Crippen LogP contribution in [0.3, 0.4) is 0 Å². The molecule has 0 aliphatic carbocycles. The van der Waals surface area contributed by atoms with Crippen molar-refractivity contribution in [3.63, 3.8) is 0 Å². The van der Waals surface area contributed by atoms with Gasteiger partial charge in [-0.05, 0) is 123 Å². The highest BCUT2D eigenvalue weighted by molar-refractivity contribution is 6.11. The summed E-state index contributed by atoms with van der Waals surface area (Å²) < 4.78 is 0. The smallest absolute Gasteiger partial charge is 0.193 e. The first kappa shape index (κ1) is 34.8. The molecule has 0 fully saturated rings. The Bertz CT molecular complexity index is 1970. The van der Waals surface area contributed by atoms with Crippen molar-refractivity contribution in [2.45, 2.75) is 39.8 Å². The van der Waals surface area contributed by atoms with Gasteiger partial charge in [0.05, 0.1) is 0 Å². The molecule has 0 N–H and O–H groups in total. The lowest BCUT2D eigenvalue weighted by Gasteiger charge is -2.20. The van der Waals surface area contributed by atoms with Crippen LogP contribution in [0.25, 0.3) is 44.5 Å². The lowest BCUT2D eigenvalue weighted by Crippen LogP contribution is -2.16. The third-order valence-corrected chi connectivity index (χ3v) is 10.4. The number of nitrogens with zero attached hydrogens (tertiary/aromatic N) is 2. The minimum absolute atomic E-state index is 0.0517. The van der Waals surface area contributed by atoms with E-state index < -0.39 is 0 Å². The predicted molar refractivity (Wildman–Crippen MR) is 212 cm³/mol. The van der Waals surface area contributed by atoms with E-state index in [4.69, 9.17) is 0 Å². The molecule has 50 heavy (non-hydrogen) atoms. The molecule has 0 aliphatic rings. The Morgan fingerprint density at radius 1 is 0.440 bits per heavy atom. The Morgan fingerprint density at radius 3 is 1.04 bits per heavy atom. The molecule has 2 atom stereocenters. The summed E-state index contributed by atoms with van der Waals surface area (Å²) in [6, 6.07) is 48.0. The van der Waals surface area contributed by atoms with Crippen LogP contribution in [0, 0.1) is 13.8 Å². The van der Waals surface area contributed by atoms with Gasteiger partial charge in [-0.25, -0.2) is 0 Å². The van der Waals surface area contributed by atoms with Gasteiger partial charge in [0, 0.05) is 23.2 Å². The number of rotatable bonds is 10. The average Bonchev–Trinajstić information content (AvgIpc) is 3.14. The number of hydrogen-bond donors (Lipinski definition) is 0. The van der Waals surface area contributed by atoms with Crippen LogP contribution >= 0.6 is 0 Å². The minimum atomic E-state index is 0.0517. The van der Waals surface area contributed by atoms with E-state index in [0.29, 0.717) is 12.1 Å². The van der Waals surface area contributed by atoms with E-state index in [9.17, 15) is 4.79 Å². The van der Waals surface area contributed by atoms with E-state index in [1.165, 1.54) is 33.4 Å². The van der Waals surface area contributed by atoms with Crippen LogP contribution in [-0.4, -0.2) is 43.8 Å². The second kappa shape index (κ2) is 14.8. The largest absolute Gasteiger partial charge is 0.303 e. The van der Waals surface area contributed by atoms with Gasteiger partial charge in [0.2, 0.25) is 0 Å². The number of hydrogen-bond acceptors (Lipinski definition) is 3. The molecule has 0 heterocycles. The van der Waals surface area contributed by atoms with Gasteiger partial charge in [0.1, 0.15) is 0 Å². The molecule has 0 radical (unpaired) electrons.